The van der Waals surface area contributed by atoms with E-state index >= 15 is 0 Å². The number of phenols is 1. The van der Waals surface area contributed by atoms with Crippen LogP contribution in [0.1, 0.15) is 102 Å². The number of phenolic OH excluding ortho intramolecular Hbond substituents is 1. The fraction of sp³-hybridized carbons (Fsp3) is 0.443. The number of nitrogens with one attached hydrogen (secondary N) is 9. The molecule has 0 aliphatic rings. The van der Waals surface area contributed by atoms with Crippen LogP contribution in [-0.2, 0) is 59.2 Å². The third-order valence-electron chi connectivity index (χ3n) is 13.6. The minimum atomic E-state index is -1.69. The summed E-state index contributed by atoms with van der Waals surface area (Å²) in [6.07, 6.45) is -1.75. The first-order valence-electron chi connectivity index (χ1n) is 28.6. The molecule has 0 bridgehead atoms. The number of carboxylic acids is 2. The lowest BCUT2D eigenvalue weighted by molar-refractivity contribution is -0.139. The van der Waals surface area contributed by atoms with E-state index in [-0.39, 0.29) is 56.7 Å². The number of aromatic hydroxyl groups is 1. The van der Waals surface area contributed by atoms with Gasteiger partial charge in [0.2, 0.25) is 53.2 Å². The molecule has 7 atom stereocenters. The zero-order valence-corrected chi connectivity index (χ0v) is 50.3. The number of aliphatic carboxylic acids is 2. The number of amides is 10. The van der Waals surface area contributed by atoms with Crippen molar-refractivity contribution in [1.82, 2.24) is 47.9 Å². The molecule has 0 aliphatic heterocycles. The van der Waals surface area contributed by atoms with Gasteiger partial charge >= 0.3 is 11.9 Å². The van der Waals surface area contributed by atoms with E-state index in [1.807, 2.05) is 36.4 Å². The lowest BCUT2D eigenvalue weighted by Gasteiger charge is -2.28. The third-order valence-corrected chi connectivity index (χ3v) is 14.8. The van der Waals surface area contributed by atoms with Gasteiger partial charge in [-0.25, -0.2) is 0 Å². The second kappa shape index (κ2) is 35.4. The highest BCUT2D eigenvalue weighted by Gasteiger charge is 2.35. The van der Waals surface area contributed by atoms with Gasteiger partial charge in [-0.3, -0.25) is 57.5 Å². The minimum absolute atomic E-state index is 0.00237. The Morgan fingerprint density at radius 1 is 0.529 bits per heavy atom. The van der Waals surface area contributed by atoms with Gasteiger partial charge in [0.15, 0.2) is 0 Å². The number of carbonyl (C=O) groups excluding carboxylic acids is 10. The topological polar surface area (TPSA) is 400 Å². The van der Waals surface area contributed by atoms with Gasteiger partial charge in [-0.1, -0.05) is 102 Å². The van der Waals surface area contributed by atoms with Gasteiger partial charge in [-0.15, -0.1) is 11.8 Å². The minimum Gasteiger partial charge on any atom is -0.508 e. The van der Waals surface area contributed by atoms with Crippen molar-refractivity contribution >= 4 is 93.5 Å². The molecule has 0 aromatic heterocycles. The van der Waals surface area contributed by atoms with Crippen LogP contribution in [0.25, 0.3) is 10.8 Å². The molecule has 25 nitrogen and oxygen atoms in total. The average molecular weight is 1230 g/mol. The molecule has 0 saturated heterocycles. The summed E-state index contributed by atoms with van der Waals surface area (Å²) in [6.45, 7) is 8.96. The van der Waals surface area contributed by atoms with Gasteiger partial charge < -0.3 is 68.9 Å². The van der Waals surface area contributed by atoms with Gasteiger partial charge in [-0.2, -0.15) is 0 Å². The number of hydrogen-bond donors (Lipinski definition) is 13. The number of carbonyl (C=O) groups is 12. The van der Waals surface area contributed by atoms with E-state index in [4.69, 9.17) is 5.73 Å². The SMILES string of the molecule is CC(C)C[C@H](NC(=O)[C@@H](NC(=O)CNC(=O)c1ccccc1)C(C)C)C(=O)N[C@@H](CCCCNC(=O)C[C@H](Sc1ccc2ccccc2c1)C(=O)O)C(=O)N[C@@H](CCC(=O)O)C(=O)N[C@@H](Cc1ccc(O)cc1)C(=O)NCC(=O)N[C@H](C(N)=O)C(C)C. The van der Waals surface area contributed by atoms with E-state index in [2.05, 4.69) is 47.9 Å². The summed E-state index contributed by atoms with van der Waals surface area (Å²) in [6, 6.07) is 18.3. The predicted molar refractivity (Wildman–Crippen MR) is 323 cm³/mol. The van der Waals surface area contributed by atoms with Crippen LogP contribution in [0.4, 0.5) is 0 Å². The highest BCUT2D eigenvalue weighted by Crippen LogP contribution is 2.29. The van der Waals surface area contributed by atoms with E-state index in [9.17, 15) is 72.9 Å². The molecule has 4 rings (SSSR count). The Bertz CT molecular complexity index is 3050. The first-order valence-corrected chi connectivity index (χ1v) is 29.4. The number of nitrogens with two attached hydrogens (primary N) is 1. The number of unbranched alkanes of at least 4 members (excludes halogenated alkanes) is 1. The maximum absolute atomic E-state index is 14.6. The zero-order chi connectivity index (χ0) is 64.3. The van der Waals surface area contributed by atoms with Gasteiger partial charge in [0.25, 0.3) is 5.91 Å². The number of rotatable bonds is 36. The lowest BCUT2D eigenvalue weighted by atomic mass is 9.99. The van der Waals surface area contributed by atoms with Crippen LogP contribution >= 0.6 is 11.8 Å². The molecule has 14 N–H and O–H groups in total. The average Bonchev–Trinajstić information content (AvgIpc) is 2.07. The molecule has 10 amide bonds. The Hall–Kier alpha value is -9.07. The monoisotopic (exact) mass is 1220 g/mol. The van der Waals surface area contributed by atoms with E-state index in [1.165, 1.54) is 24.3 Å². The molecule has 0 aliphatic carbocycles. The first-order chi connectivity index (χ1) is 41.2. The summed E-state index contributed by atoms with van der Waals surface area (Å²) in [4.78, 5) is 160. The van der Waals surface area contributed by atoms with Crippen LogP contribution in [0.3, 0.4) is 0 Å². The number of primary amides is 1. The van der Waals surface area contributed by atoms with Crippen LogP contribution in [0, 0.1) is 17.8 Å². The number of hydrogen-bond acceptors (Lipinski definition) is 14. The number of thioether (sulfide) groups is 1. The molecule has 26 heteroatoms. The van der Waals surface area contributed by atoms with Gasteiger partial charge in [0.05, 0.1) is 13.1 Å². The van der Waals surface area contributed by atoms with E-state index in [1.54, 1.807) is 77.9 Å². The molecule has 0 radical (unpaired) electrons. The largest absolute Gasteiger partial charge is 0.508 e. The molecule has 4 aromatic rings. The molecule has 0 heterocycles. The summed E-state index contributed by atoms with van der Waals surface area (Å²) < 4.78 is 0. The first kappa shape index (κ1) is 70.4. The van der Waals surface area contributed by atoms with Crippen molar-refractivity contribution in [3.8, 4) is 5.75 Å². The maximum atomic E-state index is 14.6. The van der Waals surface area contributed by atoms with Gasteiger partial charge in [0.1, 0.15) is 47.3 Å². The summed E-state index contributed by atoms with van der Waals surface area (Å²) in [5.74, 6) is -11.9. The lowest BCUT2D eigenvalue weighted by Crippen LogP contribution is -2.60. The van der Waals surface area contributed by atoms with Crippen molar-refractivity contribution in [2.75, 3.05) is 19.6 Å². The molecule has 470 valence electrons. The maximum Gasteiger partial charge on any atom is 0.317 e. The quantitative estimate of drug-likeness (QED) is 0.0229. The van der Waals surface area contributed by atoms with Crippen molar-refractivity contribution in [3.63, 3.8) is 0 Å². The van der Waals surface area contributed by atoms with E-state index in [0.717, 1.165) is 22.5 Å². The van der Waals surface area contributed by atoms with Crippen LogP contribution < -0.4 is 53.6 Å². The number of carboxylic acid groups (broad SMARTS) is 2. The predicted octanol–water partition coefficient (Wildman–Crippen LogP) is 2.17. The molecular weight excluding hydrogens is 1140 g/mol. The normalized spacial score (nSPS) is 13.5. The molecule has 0 unspecified atom stereocenters. The Balaban J connectivity index is 1.57. The van der Waals surface area contributed by atoms with E-state index < -0.39 is 150 Å². The molecule has 0 saturated carbocycles. The summed E-state index contributed by atoms with van der Waals surface area (Å²) in [5, 5.41) is 53.5. The van der Waals surface area contributed by atoms with E-state index in [0.29, 0.717) is 16.0 Å². The van der Waals surface area contributed by atoms with Crippen molar-refractivity contribution in [1.29, 1.82) is 0 Å². The molecular formula is C61H80N10O15S. The number of benzene rings is 4. The zero-order valence-electron chi connectivity index (χ0n) is 49.5. The molecule has 4 aromatic carbocycles. The Morgan fingerprint density at radius 3 is 1.67 bits per heavy atom. The fourth-order valence-electron chi connectivity index (χ4n) is 8.88. The van der Waals surface area contributed by atoms with Crippen LogP contribution in [0.15, 0.2) is 102 Å². The summed E-state index contributed by atoms with van der Waals surface area (Å²) in [7, 11) is 0. The molecule has 87 heavy (non-hydrogen) atoms. The number of fused-ring (bicyclic) bond motifs is 1. The van der Waals surface area contributed by atoms with Crippen molar-refractivity contribution in [3.05, 3.63) is 108 Å². The highest BCUT2D eigenvalue weighted by molar-refractivity contribution is 8.00. The second-order valence-corrected chi connectivity index (χ2v) is 23.2. The summed E-state index contributed by atoms with van der Waals surface area (Å²) in [5.41, 5.74) is 6.15. The van der Waals surface area contributed by atoms with Gasteiger partial charge in [0, 0.05) is 36.3 Å². The fourth-order valence-corrected chi connectivity index (χ4v) is 9.89. The van der Waals surface area contributed by atoms with Crippen molar-refractivity contribution < 1.29 is 72.9 Å². The second-order valence-electron chi connectivity index (χ2n) is 21.9. The van der Waals surface area contributed by atoms with Gasteiger partial charge in [-0.05, 0) is 103 Å². The molecule has 0 spiro atoms. The molecule has 0 fully saturated rings. The Morgan fingerprint density at radius 2 is 1.08 bits per heavy atom. The van der Waals surface area contributed by atoms with Crippen LogP contribution in [0.2, 0.25) is 0 Å². The van der Waals surface area contributed by atoms with Crippen molar-refractivity contribution in [2.45, 2.75) is 139 Å². The van der Waals surface area contributed by atoms with Crippen LogP contribution in [-0.4, -0.2) is 147 Å². The Kier molecular flexibility index (Phi) is 28.7. The van der Waals surface area contributed by atoms with Crippen molar-refractivity contribution in [2.24, 2.45) is 23.5 Å². The standard InChI is InChI=1S/C61H80N10O15S/c1-34(2)28-45(69-60(84)53(36(5)6)71-50(75)32-64-55(79)39-15-8-7-9-16-39)59(83)66-43(18-12-13-27-63-48(73)31-47(61(85)86)87-42-24-21-38-14-10-11-17-40(38)30-42)57(81)67-44(25-26-51(76)77)58(82)68-46(29-37-19-22-41(72)23-20-37)56(80)65-33-49(74)70-52(35(3)4)54(62)78/h7-11,14-17,19-24,30,34-36,43-47,52-53,72H,12-13,18,25-29,31-33H2,1-6H3,(H2,62,78)(H,63,73)(H,64,79)(H,65,80)(H,66,83)(H,67,81)(H,68,82)(H,69,84)(H,70,74)(H,71,75)(H,76,77)(H,85,86)/t43-,44-,45-,46-,47-,52-,53-/m0/s1. The highest BCUT2D eigenvalue weighted by atomic mass is 32.2. The smallest absolute Gasteiger partial charge is 0.317 e. The Labute approximate surface area is 508 Å². The third kappa shape index (κ3) is 24.8. The van der Waals surface area contributed by atoms with Crippen LogP contribution in [0.5, 0.6) is 5.75 Å². The summed E-state index contributed by atoms with van der Waals surface area (Å²) >= 11 is 1.02.